The third-order valence-electron chi connectivity index (χ3n) is 2.29. The monoisotopic (exact) mass is 267 g/mol. The number of rotatable bonds is 3. The second kappa shape index (κ2) is 4.65. The predicted octanol–water partition coefficient (Wildman–Crippen LogP) is 2.06. The summed E-state index contributed by atoms with van der Waals surface area (Å²) in [6, 6.07) is 2.64. The van der Waals surface area contributed by atoms with Crippen LogP contribution in [0, 0.1) is 15.5 Å². The van der Waals surface area contributed by atoms with E-state index in [4.69, 9.17) is 9.83 Å². The predicted molar refractivity (Wildman–Crippen MR) is 66.0 cm³/mol. The van der Waals surface area contributed by atoms with E-state index in [9.17, 15) is 14.9 Å². The van der Waals surface area contributed by atoms with Crippen LogP contribution in [0.25, 0.3) is 6.08 Å². The highest BCUT2D eigenvalue weighted by Gasteiger charge is 2.31. The molecule has 1 aromatic rings. The lowest BCUT2D eigenvalue weighted by Crippen LogP contribution is -2.27. The van der Waals surface area contributed by atoms with Crippen molar-refractivity contribution in [2.75, 3.05) is 6.54 Å². The minimum absolute atomic E-state index is 0.148. The topological polar surface area (TPSA) is 100 Å². The largest absolute Gasteiger partial charge is 0.433 e. The lowest BCUT2D eigenvalue weighted by atomic mass is 10.3. The maximum Gasteiger partial charge on any atom is 0.433 e. The molecule has 94 valence electrons. The highest BCUT2D eigenvalue weighted by molar-refractivity contribution is 8.18. The van der Waals surface area contributed by atoms with Gasteiger partial charge in [0.2, 0.25) is 0 Å². The summed E-state index contributed by atoms with van der Waals surface area (Å²) in [7, 11) is 0. The van der Waals surface area contributed by atoms with Gasteiger partial charge in [0.25, 0.3) is 5.91 Å². The molecule has 0 bridgehead atoms. The number of likely N-dealkylation sites (N-methyl/N-ethyl adjacent to an activating group) is 1. The van der Waals surface area contributed by atoms with Gasteiger partial charge in [-0.3, -0.25) is 25.2 Å². The van der Waals surface area contributed by atoms with Crippen molar-refractivity contribution in [2.45, 2.75) is 6.92 Å². The number of thioether (sulfide) groups is 1. The van der Waals surface area contributed by atoms with Crippen LogP contribution in [-0.4, -0.2) is 27.4 Å². The number of nitrogens with one attached hydrogen (secondary N) is 1. The number of amides is 1. The number of furan rings is 1. The number of hydrogen-bond acceptors (Lipinski definition) is 6. The molecule has 0 unspecified atom stereocenters. The van der Waals surface area contributed by atoms with Crippen LogP contribution in [0.15, 0.2) is 21.5 Å². The second-order valence-electron chi connectivity index (χ2n) is 3.40. The summed E-state index contributed by atoms with van der Waals surface area (Å²) < 4.78 is 4.93. The van der Waals surface area contributed by atoms with Gasteiger partial charge in [0.1, 0.15) is 10.7 Å². The van der Waals surface area contributed by atoms with E-state index in [0.29, 0.717) is 11.4 Å². The fourth-order valence-electron chi connectivity index (χ4n) is 1.45. The molecule has 7 nitrogen and oxygen atoms in total. The SMILES string of the molecule is CCN1C(=N)S/C(=C\c2ccc([N+](=O)[O-])o2)C1=O. The summed E-state index contributed by atoms with van der Waals surface area (Å²) in [5.74, 6) is -0.436. The third kappa shape index (κ3) is 2.14. The zero-order chi connectivity index (χ0) is 13.3. The Balaban J connectivity index is 2.26. The molecular formula is C10H9N3O4S. The summed E-state index contributed by atoms with van der Waals surface area (Å²) in [5.41, 5.74) is 0. The first-order chi connectivity index (χ1) is 8.52. The van der Waals surface area contributed by atoms with E-state index < -0.39 is 4.92 Å². The zero-order valence-corrected chi connectivity index (χ0v) is 10.2. The van der Waals surface area contributed by atoms with Crippen molar-refractivity contribution >= 4 is 34.8 Å². The number of carbonyl (C=O) groups excluding carboxylic acids is 1. The van der Waals surface area contributed by atoms with Gasteiger partial charge in [0.05, 0.1) is 11.0 Å². The van der Waals surface area contributed by atoms with E-state index in [1.165, 1.54) is 23.1 Å². The van der Waals surface area contributed by atoms with E-state index in [1.807, 2.05) is 0 Å². The highest BCUT2D eigenvalue weighted by Crippen LogP contribution is 2.32. The molecule has 2 rings (SSSR count). The normalized spacial score (nSPS) is 17.8. The molecule has 2 heterocycles. The highest BCUT2D eigenvalue weighted by atomic mass is 32.2. The number of nitro groups is 1. The molecule has 8 heteroatoms. The number of amidine groups is 1. The summed E-state index contributed by atoms with van der Waals surface area (Å²) in [6.45, 7) is 2.19. The number of hydrogen-bond donors (Lipinski definition) is 1. The molecule has 1 fully saturated rings. The summed E-state index contributed by atoms with van der Waals surface area (Å²) in [4.78, 5) is 23.2. The van der Waals surface area contributed by atoms with Gasteiger partial charge in [0, 0.05) is 12.6 Å². The first-order valence-electron chi connectivity index (χ1n) is 5.07. The molecule has 0 aliphatic carbocycles. The van der Waals surface area contributed by atoms with Gasteiger partial charge in [-0.05, 0) is 24.8 Å². The molecule has 0 aromatic carbocycles. The van der Waals surface area contributed by atoms with Crippen molar-refractivity contribution in [3.8, 4) is 0 Å². The van der Waals surface area contributed by atoms with Crippen molar-refractivity contribution in [1.29, 1.82) is 5.41 Å². The van der Waals surface area contributed by atoms with Crippen LogP contribution in [0.4, 0.5) is 5.88 Å². The van der Waals surface area contributed by atoms with Crippen LogP contribution in [0.1, 0.15) is 12.7 Å². The molecule has 1 aliphatic rings. The Bertz CT molecular complexity index is 563. The molecule has 0 atom stereocenters. The van der Waals surface area contributed by atoms with Crippen molar-refractivity contribution in [3.05, 3.63) is 32.9 Å². The lowest BCUT2D eigenvalue weighted by molar-refractivity contribution is -0.402. The smallest absolute Gasteiger partial charge is 0.401 e. The van der Waals surface area contributed by atoms with Gasteiger partial charge in [-0.25, -0.2) is 0 Å². The molecule has 1 amide bonds. The number of carbonyl (C=O) groups is 1. The van der Waals surface area contributed by atoms with Crippen LogP contribution in [0.2, 0.25) is 0 Å². The van der Waals surface area contributed by atoms with Gasteiger partial charge >= 0.3 is 5.88 Å². The quantitative estimate of drug-likeness (QED) is 0.513. The van der Waals surface area contributed by atoms with Crippen LogP contribution in [0.3, 0.4) is 0 Å². The average molecular weight is 267 g/mol. The minimum Gasteiger partial charge on any atom is -0.401 e. The molecule has 1 saturated heterocycles. The van der Waals surface area contributed by atoms with Gasteiger partial charge < -0.3 is 4.42 Å². The fourth-order valence-corrected chi connectivity index (χ4v) is 2.36. The summed E-state index contributed by atoms with van der Waals surface area (Å²) in [6.07, 6.45) is 1.41. The molecule has 1 aliphatic heterocycles. The van der Waals surface area contributed by atoms with Crippen molar-refractivity contribution in [1.82, 2.24) is 4.90 Å². The third-order valence-corrected chi connectivity index (χ3v) is 3.22. The molecule has 1 N–H and O–H groups in total. The zero-order valence-electron chi connectivity index (χ0n) is 9.37. The Morgan fingerprint density at radius 2 is 2.33 bits per heavy atom. The molecule has 18 heavy (non-hydrogen) atoms. The summed E-state index contributed by atoms with van der Waals surface area (Å²) >= 11 is 1.01. The minimum atomic E-state index is -0.647. The van der Waals surface area contributed by atoms with Crippen LogP contribution >= 0.6 is 11.8 Å². The van der Waals surface area contributed by atoms with Gasteiger partial charge in [-0.2, -0.15) is 0 Å². The maximum atomic E-state index is 11.8. The molecular weight excluding hydrogens is 258 g/mol. The van der Waals surface area contributed by atoms with Gasteiger partial charge in [-0.15, -0.1) is 0 Å². The Hall–Kier alpha value is -2.09. The van der Waals surface area contributed by atoms with Crippen LogP contribution in [-0.2, 0) is 4.79 Å². The van der Waals surface area contributed by atoms with E-state index in [1.54, 1.807) is 6.92 Å². The summed E-state index contributed by atoms with van der Waals surface area (Å²) in [5, 5.41) is 18.2. The molecule has 0 saturated carbocycles. The van der Waals surface area contributed by atoms with E-state index in [0.717, 1.165) is 11.8 Å². The van der Waals surface area contributed by atoms with Crippen LogP contribution < -0.4 is 0 Å². The lowest BCUT2D eigenvalue weighted by Gasteiger charge is -2.09. The molecule has 0 spiro atoms. The van der Waals surface area contributed by atoms with Crippen molar-refractivity contribution < 1.29 is 14.1 Å². The first kappa shape index (κ1) is 12.4. The maximum absolute atomic E-state index is 11.8. The van der Waals surface area contributed by atoms with E-state index in [2.05, 4.69) is 0 Å². The van der Waals surface area contributed by atoms with Gasteiger partial charge in [0.15, 0.2) is 5.17 Å². The van der Waals surface area contributed by atoms with Crippen LogP contribution in [0.5, 0.6) is 0 Å². The van der Waals surface area contributed by atoms with Crippen molar-refractivity contribution in [3.63, 3.8) is 0 Å². The second-order valence-corrected chi connectivity index (χ2v) is 4.43. The van der Waals surface area contributed by atoms with E-state index in [-0.39, 0.29) is 22.7 Å². The molecule has 0 radical (unpaired) electrons. The Labute approximate surface area is 106 Å². The molecule has 1 aromatic heterocycles. The Kier molecular flexibility index (Phi) is 3.19. The van der Waals surface area contributed by atoms with E-state index >= 15 is 0 Å². The Morgan fingerprint density at radius 1 is 1.61 bits per heavy atom. The average Bonchev–Trinajstić information content (AvgIpc) is 2.86. The van der Waals surface area contributed by atoms with Gasteiger partial charge in [-0.1, -0.05) is 0 Å². The standard InChI is InChI=1S/C10H9N3O4S/c1-2-12-9(14)7(18-10(12)11)5-6-3-4-8(17-6)13(15)16/h3-5,11H,2H2,1H3/b7-5-,11-10?. The fraction of sp³-hybridized carbons (Fsp3) is 0.200. The first-order valence-corrected chi connectivity index (χ1v) is 5.88. The Morgan fingerprint density at radius 3 is 2.83 bits per heavy atom. The van der Waals surface area contributed by atoms with Crippen molar-refractivity contribution in [2.24, 2.45) is 0 Å². The number of nitrogens with zero attached hydrogens (tertiary/aromatic N) is 2.